The highest BCUT2D eigenvalue weighted by Crippen LogP contribution is 2.31. The minimum atomic E-state index is -0.130. The largest absolute Gasteiger partial charge is 0.402 e. The summed E-state index contributed by atoms with van der Waals surface area (Å²) in [6, 6.07) is 0. The average molecular weight is 372 g/mol. The number of hydrogen-bond donors (Lipinski definition) is 1. The second-order valence-corrected chi connectivity index (χ2v) is 7.72. The van der Waals surface area contributed by atoms with Crippen LogP contribution < -0.4 is 11.3 Å². The van der Waals surface area contributed by atoms with Crippen LogP contribution in [0.1, 0.15) is 16.9 Å². The molecule has 4 rings (SSSR count). The zero-order chi connectivity index (χ0) is 17.6. The van der Waals surface area contributed by atoms with E-state index < -0.39 is 0 Å². The maximum absolute atomic E-state index is 12.9. The minimum absolute atomic E-state index is 0.130. The van der Waals surface area contributed by atoms with E-state index in [1.165, 1.54) is 16.0 Å². The van der Waals surface area contributed by atoms with Crippen LogP contribution in [0, 0.1) is 0 Å². The summed E-state index contributed by atoms with van der Waals surface area (Å²) in [5.41, 5.74) is 7.97. The lowest BCUT2D eigenvalue weighted by molar-refractivity contribution is 0.641. The highest BCUT2D eigenvalue weighted by atomic mass is 32.1. The number of allylic oxidation sites excluding steroid dienone is 2. The topological polar surface area (TPSA) is 91.6 Å². The lowest BCUT2D eigenvalue weighted by atomic mass is 10.3. The van der Waals surface area contributed by atoms with Crippen LogP contribution in [0.15, 0.2) is 34.3 Å². The number of nitrogens with zero attached hydrogens (tertiary/aromatic N) is 5. The summed E-state index contributed by atoms with van der Waals surface area (Å²) >= 11 is 3.07. The van der Waals surface area contributed by atoms with Crippen molar-refractivity contribution in [3.05, 3.63) is 49.9 Å². The van der Waals surface area contributed by atoms with Gasteiger partial charge in [-0.25, -0.2) is 14.6 Å². The van der Waals surface area contributed by atoms with E-state index in [0.29, 0.717) is 18.5 Å². The highest BCUT2D eigenvalue weighted by molar-refractivity contribution is 7.19. The van der Waals surface area contributed by atoms with Crippen LogP contribution in [0.5, 0.6) is 0 Å². The molecule has 4 heterocycles. The van der Waals surface area contributed by atoms with Gasteiger partial charge in [-0.1, -0.05) is 6.08 Å². The van der Waals surface area contributed by atoms with Gasteiger partial charge in [0.15, 0.2) is 5.65 Å². The molecule has 9 heteroatoms. The average Bonchev–Trinajstić information content (AvgIpc) is 3.29. The summed E-state index contributed by atoms with van der Waals surface area (Å²) in [6.45, 7) is 2.29. The molecular formula is C16H16N6OS2. The number of nitrogens with two attached hydrogens (primary N) is 1. The molecule has 0 spiro atoms. The Morgan fingerprint density at radius 2 is 2.24 bits per heavy atom. The van der Waals surface area contributed by atoms with Gasteiger partial charge in [0, 0.05) is 36.1 Å². The molecule has 7 nitrogen and oxygen atoms in total. The van der Waals surface area contributed by atoms with Crippen molar-refractivity contribution >= 4 is 43.9 Å². The predicted molar refractivity (Wildman–Crippen MR) is 101 cm³/mol. The third-order valence-electron chi connectivity index (χ3n) is 4.06. The van der Waals surface area contributed by atoms with Gasteiger partial charge in [0.25, 0.3) is 5.56 Å². The molecule has 0 bridgehead atoms. The normalized spacial score (nSPS) is 12.5. The summed E-state index contributed by atoms with van der Waals surface area (Å²) in [7, 11) is 1.86. The predicted octanol–water partition coefficient (Wildman–Crippen LogP) is 2.25. The Morgan fingerprint density at radius 3 is 2.96 bits per heavy atom. The van der Waals surface area contributed by atoms with Crippen molar-refractivity contribution in [1.82, 2.24) is 24.3 Å². The van der Waals surface area contributed by atoms with Crippen molar-refractivity contribution < 1.29 is 0 Å². The Hall–Kier alpha value is -2.52. The summed E-state index contributed by atoms with van der Waals surface area (Å²) in [6.07, 6.45) is 5.96. The number of rotatable bonds is 4. The van der Waals surface area contributed by atoms with Gasteiger partial charge in [0.1, 0.15) is 15.5 Å². The third-order valence-corrected chi connectivity index (χ3v) is 5.91. The van der Waals surface area contributed by atoms with Crippen LogP contribution in [-0.4, -0.2) is 24.3 Å². The molecule has 0 aromatic carbocycles. The van der Waals surface area contributed by atoms with E-state index in [2.05, 4.69) is 15.1 Å². The van der Waals surface area contributed by atoms with Gasteiger partial charge >= 0.3 is 0 Å². The summed E-state index contributed by atoms with van der Waals surface area (Å²) in [4.78, 5) is 21.7. The first-order chi connectivity index (χ1) is 12.1. The number of thiazole rings is 2. The molecule has 0 radical (unpaired) electrons. The standard InChI is InChI=1S/C16H16N6OS2/c1-3-9(17)6-11-20-15-14(25-11)10-7-19-22(8-12-18-4-5-24-12)16(23)13(10)21(15)2/h3-5,7H,6,8,17H2,1-2H3/b9-3-. The van der Waals surface area contributed by atoms with E-state index in [0.717, 1.165) is 31.4 Å². The molecule has 0 amide bonds. The molecule has 0 aliphatic carbocycles. The molecule has 0 aliphatic heterocycles. The van der Waals surface area contributed by atoms with E-state index >= 15 is 0 Å². The fourth-order valence-electron chi connectivity index (χ4n) is 2.76. The molecule has 25 heavy (non-hydrogen) atoms. The van der Waals surface area contributed by atoms with Crippen LogP contribution in [0.4, 0.5) is 0 Å². The van der Waals surface area contributed by atoms with Crippen LogP contribution in [0.2, 0.25) is 0 Å². The van der Waals surface area contributed by atoms with Gasteiger partial charge in [-0.2, -0.15) is 5.10 Å². The van der Waals surface area contributed by atoms with E-state index in [1.807, 2.05) is 30.0 Å². The van der Waals surface area contributed by atoms with Crippen molar-refractivity contribution in [2.24, 2.45) is 12.8 Å². The molecule has 4 aromatic heterocycles. The molecule has 128 valence electrons. The monoisotopic (exact) mass is 372 g/mol. The lowest BCUT2D eigenvalue weighted by Gasteiger charge is -2.03. The fraction of sp³-hybridized carbons (Fsp3) is 0.250. The SMILES string of the molecule is C/C=C(\N)Cc1nc2c(s1)c1cnn(Cc3nccs3)c(=O)c1n2C. The smallest absolute Gasteiger partial charge is 0.291 e. The number of hydrogen-bond acceptors (Lipinski definition) is 7. The van der Waals surface area contributed by atoms with Crippen LogP contribution in [0.3, 0.4) is 0 Å². The Bertz CT molecular complexity index is 1150. The maximum atomic E-state index is 12.9. The minimum Gasteiger partial charge on any atom is -0.402 e. The fourth-order valence-corrected chi connectivity index (χ4v) is 4.49. The van der Waals surface area contributed by atoms with Crippen LogP contribution in [-0.2, 0) is 20.0 Å². The molecular weight excluding hydrogens is 356 g/mol. The Labute approximate surface area is 151 Å². The first-order valence-electron chi connectivity index (χ1n) is 7.71. The Kier molecular flexibility index (Phi) is 3.89. The van der Waals surface area contributed by atoms with Crippen LogP contribution in [0.25, 0.3) is 21.3 Å². The van der Waals surface area contributed by atoms with Crippen molar-refractivity contribution in [3.63, 3.8) is 0 Å². The quantitative estimate of drug-likeness (QED) is 0.593. The molecule has 2 N–H and O–H groups in total. The van der Waals surface area contributed by atoms with Crippen molar-refractivity contribution in [2.45, 2.75) is 19.9 Å². The summed E-state index contributed by atoms with van der Waals surface area (Å²) in [5, 5.41) is 8.84. The molecule has 4 aromatic rings. The van der Waals surface area contributed by atoms with Gasteiger partial charge in [-0.3, -0.25) is 4.79 Å². The number of fused-ring (bicyclic) bond motifs is 3. The molecule has 0 unspecified atom stereocenters. The summed E-state index contributed by atoms with van der Waals surface area (Å²) in [5.74, 6) is 0. The zero-order valence-electron chi connectivity index (χ0n) is 13.8. The van der Waals surface area contributed by atoms with Crippen LogP contribution >= 0.6 is 22.7 Å². The molecule has 0 saturated heterocycles. The van der Waals surface area contributed by atoms with E-state index in [4.69, 9.17) is 5.73 Å². The van der Waals surface area contributed by atoms with Gasteiger partial charge < -0.3 is 10.3 Å². The van der Waals surface area contributed by atoms with E-state index in [-0.39, 0.29) is 5.56 Å². The van der Waals surface area contributed by atoms with E-state index in [9.17, 15) is 4.79 Å². The van der Waals surface area contributed by atoms with E-state index in [1.54, 1.807) is 23.7 Å². The Balaban J connectivity index is 1.85. The van der Waals surface area contributed by atoms with Gasteiger partial charge in [0.05, 0.1) is 17.4 Å². The molecule has 0 fully saturated rings. The molecule has 0 aliphatic rings. The second-order valence-electron chi connectivity index (χ2n) is 5.66. The Morgan fingerprint density at radius 1 is 1.40 bits per heavy atom. The third kappa shape index (κ3) is 2.65. The van der Waals surface area contributed by atoms with Gasteiger partial charge in [-0.05, 0) is 6.92 Å². The zero-order valence-corrected chi connectivity index (χ0v) is 15.4. The van der Waals surface area contributed by atoms with Crippen molar-refractivity contribution in [1.29, 1.82) is 0 Å². The molecule has 0 atom stereocenters. The second kappa shape index (κ2) is 6.08. The van der Waals surface area contributed by atoms with Crippen molar-refractivity contribution in [3.8, 4) is 0 Å². The van der Waals surface area contributed by atoms with Gasteiger partial charge in [-0.15, -0.1) is 22.7 Å². The number of aryl methyl sites for hydroxylation is 1. The number of aromatic nitrogens is 5. The molecule has 0 saturated carbocycles. The first kappa shape index (κ1) is 16.0. The lowest BCUT2D eigenvalue weighted by Crippen LogP contribution is -2.24. The van der Waals surface area contributed by atoms with Crippen molar-refractivity contribution in [2.75, 3.05) is 0 Å². The van der Waals surface area contributed by atoms with Gasteiger partial charge in [0.2, 0.25) is 0 Å². The maximum Gasteiger partial charge on any atom is 0.291 e. The summed E-state index contributed by atoms with van der Waals surface area (Å²) < 4.78 is 4.27. The highest BCUT2D eigenvalue weighted by Gasteiger charge is 2.18. The first-order valence-corrected chi connectivity index (χ1v) is 9.41.